The van der Waals surface area contributed by atoms with Crippen LogP contribution in [0.5, 0.6) is 0 Å². The average Bonchev–Trinajstić information content (AvgIpc) is 2.38. The monoisotopic (exact) mass is 272 g/mol. The highest BCUT2D eigenvalue weighted by Gasteiger charge is 2.11. The third kappa shape index (κ3) is 5.76. The largest absolute Gasteiger partial charge is 0.396 e. The Bertz CT molecular complexity index is 393. The zero-order valence-electron chi connectivity index (χ0n) is 10.6. The van der Waals surface area contributed by atoms with E-state index in [1.54, 1.807) is 0 Å². The van der Waals surface area contributed by atoms with Crippen LogP contribution in [0, 0.1) is 11.6 Å². The van der Waals surface area contributed by atoms with Crippen LogP contribution in [0.25, 0.3) is 0 Å². The van der Waals surface area contributed by atoms with Crippen molar-refractivity contribution >= 4 is 11.6 Å². The molecule has 0 radical (unpaired) electrons. The Morgan fingerprint density at radius 3 is 2.47 bits per heavy atom. The molecule has 0 aromatic heterocycles. The standard InChI is InChI=1S/C13H18F2N2O2/c14-10-5-4-6-11(15)13(10)17-12(19)9-16-7-2-1-3-8-18/h4-6,16,18H,1-3,7-9H2,(H,17,19). The lowest BCUT2D eigenvalue weighted by atomic mass is 10.2. The molecule has 3 N–H and O–H groups in total. The molecular formula is C13H18F2N2O2. The first kappa shape index (κ1) is 15.5. The molecule has 0 saturated heterocycles. The van der Waals surface area contributed by atoms with Gasteiger partial charge in [0.05, 0.1) is 6.54 Å². The van der Waals surface area contributed by atoms with E-state index in [4.69, 9.17) is 5.11 Å². The van der Waals surface area contributed by atoms with Crippen LogP contribution in [0.4, 0.5) is 14.5 Å². The molecule has 0 saturated carbocycles. The average molecular weight is 272 g/mol. The minimum absolute atomic E-state index is 0.00704. The zero-order chi connectivity index (χ0) is 14.1. The minimum atomic E-state index is -0.795. The number of benzene rings is 1. The van der Waals surface area contributed by atoms with Crippen LogP contribution in [0.1, 0.15) is 19.3 Å². The Labute approximate surface area is 110 Å². The molecular weight excluding hydrogens is 254 g/mol. The van der Waals surface area contributed by atoms with Crippen LogP contribution in [0.2, 0.25) is 0 Å². The van der Waals surface area contributed by atoms with Gasteiger partial charge in [-0.2, -0.15) is 0 Å². The number of nitrogens with one attached hydrogen (secondary N) is 2. The first-order chi connectivity index (χ1) is 9.15. The lowest BCUT2D eigenvalue weighted by Gasteiger charge is -2.08. The van der Waals surface area contributed by atoms with E-state index in [0.29, 0.717) is 6.54 Å². The normalized spacial score (nSPS) is 10.5. The Morgan fingerprint density at radius 1 is 1.16 bits per heavy atom. The number of carbonyl (C=O) groups is 1. The number of hydrogen-bond acceptors (Lipinski definition) is 3. The first-order valence-corrected chi connectivity index (χ1v) is 6.20. The maximum atomic E-state index is 13.2. The molecule has 1 amide bonds. The molecule has 0 aliphatic heterocycles. The van der Waals surface area contributed by atoms with Gasteiger partial charge in [-0.1, -0.05) is 6.07 Å². The smallest absolute Gasteiger partial charge is 0.238 e. The van der Waals surface area contributed by atoms with Crippen LogP contribution in [0.3, 0.4) is 0 Å². The molecule has 0 spiro atoms. The molecule has 6 heteroatoms. The number of rotatable bonds is 8. The Kier molecular flexibility index (Phi) is 6.99. The molecule has 0 atom stereocenters. The number of aliphatic hydroxyl groups excluding tert-OH is 1. The summed E-state index contributed by atoms with van der Waals surface area (Å²) in [7, 11) is 0. The topological polar surface area (TPSA) is 61.4 Å². The second-order valence-electron chi connectivity index (χ2n) is 4.11. The van der Waals surface area contributed by atoms with E-state index in [9.17, 15) is 13.6 Å². The van der Waals surface area contributed by atoms with Gasteiger partial charge in [-0.15, -0.1) is 0 Å². The van der Waals surface area contributed by atoms with Gasteiger partial charge in [0.15, 0.2) is 0 Å². The fourth-order valence-corrected chi connectivity index (χ4v) is 1.54. The molecule has 0 fully saturated rings. The summed E-state index contributed by atoms with van der Waals surface area (Å²) in [4.78, 5) is 11.5. The number of unbranched alkanes of at least 4 members (excludes halogenated alkanes) is 2. The lowest BCUT2D eigenvalue weighted by Crippen LogP contribution is -2.29. The summed E-state index contributed by atoms with van der Waals surface area (Å²) in [5.74, 6) is -2.08. The minimum Gasteiger partial charge on any atom is -0.396 e. The second kappa shape index (κ2) is 8.55. The van der Waals surface area contributed by atoms with Crippen molar-refractivity contribution in [2.75, 3.05) is 25.0 Å². The van der Waals surface area contributed by atoms with Gasteiger partial charge >= 0.3 is 0 Å². The van der Waals surface area contributed by atoms with Crippen molar-refractivity contribution in [3.05, 3.63) is 29.8 Å². The number of para-hydroxylation sites is 1. The van der Waals surface area contributed by atoms with Crippen molar-refractivity contribution in [1.82, 2.24) is 5.32 Å². The molecule has 0 unspecified atom stereocenters. The van der Waals surface area contributed by atoms with E-state index in [1.807, 2.05) is 0 Å². The van der Waals surface area contributed by atoms with Crippen LogP contribution in [-0.2, 0) is 4.79 Å². The maximum Gasteiger partial charge on any atom is 0.238 e. The number of anilines is 1. The molecule has 106 valence electrons. The molecule has 19 heavy (non-hydrogen) atoms. The Balaban J connectivity index is 2.28. The van der Waals surface area contributed by atoms with Gasteiger partial charge in [-0.05, 0) is 37.9 Å². The van der Waals surface area contributed by atoms with Gasteiger partial charge in [-0.25, -0.2) is 8.78 Å². The fraction of sp³-hybridized carbons (Fsp3) is 0.462. The predicted molar refractivity (Wildman–Crippen MR) is 68.8 cm³/mol. The number of hydrogen-bond donors (Lipinski definition) is 3. The van der Waals surface area contributed by atoms with Crippen molar-refractivity contribution in [3.63, 3.8) is 0 Å². The van der Waals surface area contributed by atoms with E-state index < -0.39 is 23.2 Å². The molecule has 1 aromatic carbocycles. The van der Waals surface area contributed by atoms with Crippen LogP contribution < -0.4 is 10.6 Å². The SMILES string of the molecule is O=C(CNCCCCCO)Nc1c(F)cccc1F. The summed E-state index contributed by atoms with van der Waals surface area (Å²) in [6, 6.07) is 3.40. The number of carbonyl (C=O) groups excluding carboxylic acids is 1. The third-order valence-corrected chi connectivity index (χ3v) is 2.52. The van der Waals surface area contributed by atoms with Crippen LogP contribution in [0.15, 0.2) is 18.2 Å². The van der Waals surface area contributed by atoms with Gasteiger partial charge in [0.2, 0.25) is 5.91 Å². The summed E-state index contributed by atoms with van der Waals surface area (Å²) in [6.45, 7) is 0.771. The van der Waals surface area contributed by atoms with Gasteiger partial charge in [0.25, 0.3) is 0 Å². The third-order valence-electron chi connectivity index (χ3n) is 2.52. The lowest BCUT2D eigenvalue weighted by molar-refractivity contribution is -0.115. The molecule has 1 aromatic rings. The summed E-state index contributed by atoms with van der Waals surface area (Å²) in [6.07, 6.45) is 2.43. The molecule has 0 heterocycles. The number of amides is 1. The summed E-state index contributed by atoms with van der Waals surface area (Å²) in [5, 5.41) is 13.6. The van der Waals surface area contributed by atoms with E-state index in [1.165, 1.54) is 6.07 Å². The van der Waals surface area contributed by atoms with Crippen molar-refractivity contribution < 1.29 is 18.7 Å². The summed E-state index contributed by atoms with van der Waals surface area (Å²) in [5.41, 5.74) is -0.422. The molecule has 4 nitrogen and oxygen atoms in total. The molecule has 0 aliphatic carbocycles. The van der Waals surface area contributed by atoms with Gasteiger partial charge in [-0.3, -0.25) is 4.79 Å². The van der Waals surface area contributed by atoms with Gasteiger partial charge in [0, 0.05) is 6.61 Å². The van der Waals surface area contributed by atoms with Crippen molar-refractivity contribution in [2.24, 2.45) is 0 Å². The second-order valence-corrected chi connectivity index (χ2v) is 4.11. The molecule has 0 bridgehead atoms. The Hall–Kier alpha value is -1.53. The highest BCUT2D eigenvalue weighted by Crippen LogP contribution is 2.17. The first-order valence-electron chi connectivity index (χ1n) is 6.20. The van der Waals surface area contributed by atoms with Crippen LogP contribution >= 0.6 is 0 Å². The van der Waals surface area contributed by atoms with Crippen molar-refractivity contribution in [2.45, 2.75) is 19.3 Å². The summed E-state index contributed by atoms with van der Waals surface area (Å²) >= 11 is 0. The summed E-state index contributed by atoms with van der Waals surface area (Å²) < 4.78 is 26.5. The number of halogens is 2. The molecule has 0 aliphatic rings. The predicted octanol–water partition coefficient (Wildman–Crippen LogP) is 1.66. The van der Waals surface area contributed by atoms with Crippen LogP contribution in [-0.4, -0.2) is 30.7 Å². The highest BCUT2D eigenvalue weighted by molar-refractivity contribution is 5.92. The highest BCUT2D eigenvalue weighted by atomic mass is 19.1. The number of aliphatic hydroxyl groups is 1. The quantitative estimate of drug-likeness (QED) is 0.631. The Morgan fingerprint density at radius 2 is 1.84 bits per heavy atom. The van der Waals surface area contributed by atoms with Gasteiger partial charge < -0.3 is 15.7 Å². The van der Waals surface area contributed by atoms with E-state index in [-0.39, 0.29) is 13.2 Å². The van der Waals surface area contributed by atoms with Gasteiger partial charge in [0.1, 0.15) is 17.3 Å². The zero-order valence-corrected chi connectivity index (χ0v) is 10.6. The fourth-order valence-electron chi connectivity index (χ4n) is 1.54. The maximum absolute atomic E-state index is 13.2. The van der Waals surface area contributed by atoms with E-state index in [0.717, 1.165) is 31.4 Å². The molecule has 1 rings (SSSR count). The van der Waals surface area contributed by atoms with E-state index in [2.05, 4.69) is 10.6 Å². The van der Waals surface area contributed by atoms with Crippen molar-refractivity contribution in [1.29, 1.82) is 0 Å². The van der Waals surface area contributed by atoms with Crippen molar-refractivity contribution in [3.8, 4) is 0 Å². The van der Waals surface area contributed by atoms with E-state index >= 15 is 0 Å².